The molecule has 1 aliphatic rings. The Labute approximate surface area is 169 Å². The molecule has 0 aliphatic carbocycles. The molecule has 0 atom stereocenters. The molecule has 3 rings (SSSR count). The van der Waals surface area contributed by atoms with E-state index in [9.17, 15) is 5.11 Å². The number of phenolic OH excluding ortho intramolecular Hbond substituents is 1. The zero-order chi connectivity index (χ0) is 18.5. The fourth-order valence-electron chi connectivity index (χ4n) is 3.51. The van der Waals surface area contributed by atoms with Crippen molar-refractivity contribution in [2.75, 3.05) is 39.3 Å². The van der Waals surface area contributed by atoms with E-state index in [1.165, 1.54) is 0 Å². The van der Waals surface area contributed by atoms with Gasteiger partial charge in [-0.25, -0.2) is 0 Å². The third-order valence-electron chi connectivity index (χ3n) is 5.08. The fourth-order valence-corrected chi connectivity index (χ4v) is 3.51. The lowest BCUT2D eigenvalue weighted by atomic mass is 9.89. The van der Waals surface area contributed by atoms with Crippen molar-refractivity contribution in [2.24, 2.45) is 0 Å². The maximum atomic E-state index is 10.5. The molecular formula is C22H31ClN2O2. The molecule has 2 aromatic carbocycles. The maximum Gasteiger partial charge on any atom is 0.134 e. The van der Waals surface area contributed by atoms with Gasteiger partial charge in [0.25, 0.3) is 0 Å². The standard InChI is InChI=1S/C22H30N2O2.ClH/c1-16(2)19-15-20(25)17(3)22(21(19)18-7-5-4-6-8-18)26-14-13-24-11-9-23-10-12-24;/h4-8,15-16,23,25H,9-14H2,1-3H3;1H. The lowest BCUT2D eigenvalue weighted by molar-refractivity contribution is 0.191. The SMILES string of the molecule is Cc1c(O)cc(C(C)C)c(-c2ccccc2)c1OCCN1CCNCC1.Cl. The molecule has 2 N–H and O–H groups in total. The van der Waals surface area contributed by atoms with Gasteiger partial charge in [0.2, 0.25) is 0 Å². The molecule has 148 valence electrons. The maximum absolute atomic E-state index is 10.5. The number of ether oxygens (including phenoxy) is 1. The average molecular weight is 391 g/mol. The molecule has 0 saturated carbocycles. The van der Waals surface area contributed by atoms with Crippen LogP contribution in [0.5, 0.6) is 11.5 Å². The number of aromatic hydroxyl groups is 1. The summed E-state index contributed by atoms with van der Waals surface area (Å²) in [5.41, 5.74) is 4.18. The van der Waals surface area contributed by atoms with E-state index in [1.54, 1.807) is 0 Å². The molecule has 0 aromatic heterocycles. The predicted octanol–water partition coefficient (Wildman–Crippen LogP) is 4.20. The second-order valence-electron chi connectivity index (χ2n) is 7.27. The van der Waals surface area contributed by atoms with E-state index in [2.05, 4.69) is 36.2 Å². The molecular weight excluding hydrogens is 360 g/mol. The van der Waals surface area contributed by atoms with Crippen LogP contribution in [0.4, 0.5) is 0 Å². The second kappa shape index (κ2) is 9.98. The normalized spacial score (nSPS) is 14.8. The Morgan fingerprint density at radius 3 is 2.44 bits per heavy atom. The molecule has 27 heavy (non-hydrogen) atoms. The van der Waals surface area contributed by atoms with Crippen LogP contribution >= 0.6 is 12.4 Å². The van der Waals surface area contributed by atoms with Gasteiger partial charge in [-0.15, -0.1) is 12.4 Å². The van der Waals surface area contributed by atoms with Crippen LogP contribution in [0.3, 0.4) is 0 Å². The van der Waals surface area contributed by atoms with Gasteiger partial charge in [-0.1, -0.05) is 44.2 Å². The molecule has 4 nitrogen and oxygen atoms in total. The minimum atomic E-state index is 0. The minimum absolute atomic E-state index is 0. The first-order valence-electron chi connectivity index (χ1n) is 9.55. The summed E-state index contributed by atoms with van der Waals surface area (Å²) in [4.78, 5) is 2.42. The van der Waals surface area contributed by atoms with Crippen LogP contribution in [0.2, 0.25) is 0 Å². The lowest BCUT2D eigenvalue weighted by Gasteiger charge is -2.27. The van der Waals surface area contributed by atoms with E-state index in [-0.39, 0.29) is 12.4 Å². The Hall–Kier alpha value is -1.75. The monoisotopic (exact) mass is 390 g/mol. The van der Waals surface area contributed by atoms with E-state index in [4.69, 9.17) is 4.74 Å². The molecule has 5 heteroatoms. The van der Waals surface area contributed by atoms with Crippen molar-refractivity contribution in [3.63, 3.8) is 0 Å². The number of rotatable bonds is 6. The van der Waals surface area contributed by atoms with Gasteiger partial charge in [0.1, 0.15) is 18.1 Å². The van der Waals surface area contributed by atoms with E-state index in [0.717, 1.165) is 60.7 Å². The Kier molecular flexibility index (Phi) is 7.96. The van der Waals surface area contributed by atoms with Gasteiger partial charge in [-0.05, 0) is 30.0 Å². The molecule has 0 spiro atoms. The Morgan fingerprint density at radius 2 is 1.81 bits per heavy atom. The predicted molar refractivity (Wildman–Crippen MR) is 114 cm³/mol. The summed E-state index contributed by atoms with van der Waals surface area (Å²) in [5, 5.41) is 13.8. The summed E-state index contributed by atoms with van der Waals surface area (Å²) in [6.45, 7) is 12.0. The van der Waals surface area contributed by atoms with Crippen LogP contribution in [-0.4, -0.2) is 49.3 Å². The van der Waals surface area contributed by atoms with Crippen molar-refractivity contribution in [3.8, 4) is 22.6 Å². The highest BCUT2D eigenvalue weighted by molar-refractivity contribution is 5.85. The number of phenols is 1. The van der Waals surface area contributed by atoms with Crippen molar-refractivity contribution in [1.82, 2.24) is 10.2 Å². The van der Waals surface area contributed by atoms with Gasteiger partial charge >= 0.3 is 0 Å². The zero-order valence-electron chi connectivity index (χ0n) is 16.5. The first-order chi connectivity index (χ1) is 12.6. The van der Waals surface area contributed by atoms with Gasteiger partial charge in [0, 0.05) is 43.9 Å². The molecule has 1 fully saturated rings. The fraction of sp³-hybridized carbons (Fsp3) is 0.455. The number of benzene rings is 2. The Bertz CT molecular complexity index is 729. The van der Waals surface area contributed by atoms with E-state index in [1.807, 2.05) is 31.2 Å². The number of hydrogen-bond acceptors (Lipinski definition) is 4. The van der Waals surface area contributed by atoms with Gasteiger partial charge < -0.3 is 15.2 Å². The smallest absolute Gasteiger partial charge is 0.134 e. The number of halogens is 1. The number of nitrogens with zero attached hydrogens (tertiary/aromatic N) is 1. The van der Waals surface area contributed by atoms with Gasteiger partial charge in [0.05, 0.1) is 0 Å². The van der Waals surface area contributed by atoms with Crippen LogP contribution < -0.4 is 10.1 Å². The van der Waals surface area contributed by atoms with Crippen LogP contribution in [0.15, 0.2) is 36.4 Å². The summed E-state index contributed by atoms with van der Waals surface area (Å²) in [7, 11) is 0. The third-order valence-corrected chi connectivity index (χ3v) is 5.08. The number of nitrogens with one attached hydrogen (secondary N) is 1. The summed E-state index contributed by atoms with van der Waals surface area (Å²) in [6, 6.07) is 12.2. The van der Waals surface area contributed by atoms with Crippen LogP contribution in [0.25, 0.3) is 11.1 Å². The van der Waals surface area contributed by atoms with Crippen LogP contribution in [-0.2, 0) is 0 Å². The van der Waals surface area contributed by atoms with Crippen molar-refractivity contribution >= 4 is 12.4 Å². The van der Waals surface area contributed by atoms with E-state index < -0.39 is 0 Å². The summed E-state index contributed by atoms with van der Waals surface area (Å²) in [5.74, 6) is 1.42. The van der Waals surface area contributed by atoms with E-state index >= 15 is 0 Å². The molecule has 1 heterocycles. The van der Waals surface area contributed by atoms with Crippen LogP contribution in [0.1, 0.15) is 30.9 Å². The van der Waals surface area contributed by atoms with Gasteiger partial charge in [0.15, 0.2) is 0 Å². The average Bonchev–Trinajstić information content (AvgIpc) is 2.66. The molecule has 0 amide bonds. The molecule has 0 unspecified atom stereocenters. The summed E-state index contributed by atoms with van der Waals surface area (Å²) in [6.07, 6.45) is 0. The van der Waals surface area contributed by atoms with Crippen LogP contribution in [0, 0.1) is 6.92 Å². The molecule has 1 aliphatic heterocycles. The highest BCUT2D eigenvalue weighted by Gasteiger charge is 2.20. The largest absolute Gasteiger partial charge is 0.508 e. The Morgan fingerprint density at radius 1 is 1.15 bits per heavy atom. The topological polar surface area (TPSA) is 44.7 Å². The van der Waals surface area contributed by atoms with Crippen molar-refractivity contribution in [2.45, 2.75) is 26.7 Å². The highest BCUT2D eigenvalue weighted by Crippen LogP contribution is 2.43. The van der Waals surface area contributed by atoms with Crippen molar-refractivity contribution in [1.29, 1.82) is 0 Å². The van der Waals surface area contributed by atoms with Gasteiger partial charge in [-0.2, -0.15) is 0 Å². The third kappa shape index (κ3) is 5.16. The van der Waals surface area contributed by atoms with Gasteiger partial charge in [-0.3, -0.25) is 4.90 Å². The quantitative estimate of drug-likeness (QED) is 0.776. The highest BCUT2D eigenvalue weighted by atomic mass is 35.5. The second-order valence-corrected chi connectivity index (χ2v) is 7.27. The molecule has 2 aromatic rings. The van der Waals surface area contributed by atoms with Crippen molar-refractivity contribution in [3.05, 3.63) is 47.5 Å². The number of hydrogen-bond donors (Lipinski definition) is 2. The first-order valence-corrected chi connectivity index (χ1v) is 9.55. The van der Waals surface area contributed by atoms with E-state index in [0.29, 0.717) is 18.3 Å². The zero-order valence-corrected chi connectivity index (χ0v) is 17.3. The summed E-state index contributed by atoms with van der Waals surface area (Å²) >= 11 is 0. The summed E-state index contributed by atoms with van der Waals surface area (Å²) < 4.78 is 6.27. The molecule has 0 bridgehead atoms. The minimum Gasteiger partial charge on any atom is -0.508 e. The molecule has 1 saturated heterocycles. The first kappa shape index (κ1) is 21.5. The Balaban J connectivity index is 0.00000261. The number of piperazine rings is 1. The molecule has 0 radical (unpaired) electrons. The van der Waals surface area contributed by atoms with Crippen molar-refractivity contribution < 1.29 is 9.84 Å². The lowest BCUT2D eigenvalue weighted by Crippen LogP contribution is -2.44.